The molecule has 12 nitrogen and oxygen atoms in total. The fourth-order valence-electron chi connectivity index (χ4n) is 3.42. The molecule has 0 aliphatic carbocycles. The van der Waals surface area contributed by atoms with E-state index in [1.54, 1.807) is 49.1 Å². The van der Waals surface area contributed by atoms with Crippen molar-refractivity contribution in [2.75, 3.05) is 36.8 Å². The molecule has 248 valence electrons. The number of nitrogens with one attached hydrogen (secondary N) is 2. The minimum absolute atomic E-state index is 0. The van der Waals surface area contributed by atoms with E-state index in [1.165, 1.54) is 0 Å². The summed E-state index contributed by atoms with van der Waals surface area (Å²) in [5.41, 5.74) is 26.7. The molecule has 45 heavy (non-hydrogen) atoms. The van der Waals surface area contributed by atoms with Crippen molar-refractivity contribution in [3.05, 3.63) is 84.4 Å². The Bertz CT molecular complexity index is 1290. The van der Waals surface area contributed by atoms with Gasteiger partial charge in [-0.25, -0.2) is 0 Å². The summed E-state index contributed by atoms with van der Waals surface area (Å²) in [5, 5.41) is 6.43. The molecule has 0 saturated carbocycles. The Kier molecular flexibility index (Phi) is 25.3. The number of rotatable bonds is 12. The highest BCUT2D eigenvalue weighted by molar-refractivity contribution is 5.94. The molecule has 4 aromatic heterocycles. The van der Waals surface area contributed by atoms with Gasteiger partial charge in [0.15, 0.2) is 0 Å². The van der Waals surface area contributed by atoms with E-state index < -0.39 is 11.8 Å². The van der Waals surface area contributed by atoms with Crippen LogP contribution in [0.25, 0.3) is 22.8 Å². The number of carbonyl (C=O) groups excluding carboxylic acids is 2. The number of hydrogen-bond donors (Lipinski definition) is 6. The molecule has 17 heteroatoms. The van der Waals surface area contributed by atoms with Crippen LogP contribution in [0, 0.1) is 0 Å². The van der Waals surface area contributed by atoms with Crippen molar-refractivity contribution in [3.8, 4) is 22.8 Å². The van der Waals surface area contributed by atoms with Gasteiger partial charge in [-0.05, 0) is 74.5 Å². The largest absolute Gasteiger partial charge is 0.384 e. The number of primary amides is 2. The Hall–Kier alpha value is -3.49. The van der Waals surface area contributed by atoms with Crippen LogP contribution in [-0.4, -0.2) is 57.9 Å². The minimum atomic E-state index is -0.478. The summed E-state index contributed by atoms with van der Waals surface area (Å²) < 4.78 is 0. The van der Waals surface area contributed by atoms with Gasteiger partial charge in [-0.2, -0.15) is 0 Å². The highest BCUT2D eigenvalue weighted by atomic mass is 35.5. The quantitative estimate of drug-likeness (QED) is 0.115. The number of amides is 2. The van der Waals surface area contributed by atoms with Crippen molar-refractivity contribution in [1.82, 2.24) is 19.9 Å². The molecule has 0 spiro atoms. The molecule has 10 N–H and O–H groups in total. The maximum Gasteiger partial charge on any atom is 0.248 e. The molecular formula is C28H39Cl5N10O2. The van der Waals surface area contributed by atoms with Crippen molar-refractivity contribution in [1.29, 1.82) is 0 Å². The molecular weight excluding hydrogens is 686 g/mol. The van der Waals surface area contributed by atoms with E-state index in [1.807, 2.05) is 24.3 Å². The van der Waals surface area contributed by atoms with Crippen LogP contribution >= 0.6 is 62.0 Å². The molecule has 0 saturated heterocycles. The monoisotopic (exact) mass is 722 g/mol. The molecule has 0 aliphatic heterocycles. The Morgan fingerprint density at radius 3 is 1.22 bits per heavy atom. The van der Waals surface area contributed by atoms with Gasteiger partial charge in [0.1, 0.15) is 0 Å². The van der Waals surface area contributed by atoms with Crippen molar-refractivity contribution < 1.29 is 9.59 Å². The van der Waals surface area contributed by atoms with Crippen molar-refractivity contribution >= 4 is 85.2 Å². The molecule has 4 rings (SSSR count). The summed E-state index contributed by atoms with van der Waals surface area (Å²) in [5.74, 6) is -0.956. The van der Waals surface area contributed by atoms with Gasteiger partial charge in [-0.15, -0.1) is 62.0 Å². The zero-order valence-corrected chi connectivity index (χ0v) is 28.2. The number of carbonyl (C=O) groups is 2. The summed E-state index contributed by atoms with van der Waals surface area (Å²) in [4.78, 5) is 39.3. The fourth-order valence-corrected chi connectivity index (χ4v) is 3.42. The Morgan fingerprint density at radius 2 is 0.933 bits per heavy atom. The van der Waals surface area contributed by atoms with Crippen molar-refractivity contribution in [3.63, 3.8) is 0 Å². The number of nitrogens with zero attached hydrogens (tertiary/aromatic N) is 4. The van der Waals surface area contributed by atoms with E-state index >= 15 is 0 Å². The first kappa shape index (κ1) is 45.9. The second kappa shape index (κ2) is 24.8. The summed E-state index contributed by atoms with van der Waals surface area (Å²) in [6, 6.07) is 13.9. The molecule has 4 heterocycles. The lowest BCUT2D eigenvalue weighted by atomic mass is 10.1. The lowest BCUT2D eigenvalue weighted by Crippen LogP contribution is -2.11. The zero-order valence-electron chi connectivity index (χ0n) is 24.1. The van der Waals surface area contributed by atoms with E-state index in [4.69, 9.17) is 22.9 Å². The molecule has 0 unspecified atom stereocenters. The second-order valence-electron chi connectivity index (χ2n) is 8.59. The van der Waals surface area contributed by atoms with Crippen LogP contribution in [0.5, 0.6) is 0 Å². The second-order valence-corrected chi connectivity index (χ2v) is 8.59. The van der Waals surface area contributed by atoms with E-state index in [0.717, 1.165) is 37.3 Å². The molecule has 0 fully saturated rings. The first-order chi connectivity index (χ1) is 19.4. The summed E-state index contributed by atoms with van der Waals surface area (Å²) in [6.45, 7) is 2.94. The van der Waals surface area contributed by atoms with E-state index in [2.05, 4.69) is 30.6 Å². The van der Waals surface area contributed by atoms with Gasteiger partial charge in [0.2, 0.25) is 11.8 Å². The number of anilines is 2. The standard InChI is InChI=1S/2C14H17N5O.5ClH/c2*15-5-1-6-17-11-2-3-12(19-9-11)13-8-10(14(16)20)4-7-18-13;;;;;/h2*2-4,7-9,17H,1,5-6,15H2,(H2,16,20);5*1H. The van der Waals surface area contributed by atoms with E-state index in [0.29, 0.717) is 47.0 Å². The number of pyridine rings is 4. The molecule has 0 bridgehead atoms. The predicted molar refractivity (Wildman–Crippen MR) is 193 cm³/mol. The van der Waals surface area contributed by atoms with Crippen LogP contribution < -0.4 is 33.6 Å². The summed E-state index contributed by atoms with van der Waals surface area (Å²) >= 11 is 0. The Morgan fingerprint density at radius 1 is 0.556 bits per heavy atom. The first-order valence-electron chi connectivity index (χ1n) is 12.7. The van der Waals surface area contributed by atoms with Gasteiger partial charge in [-0.3, -0.25) is 29.5 Å². The van der Waals surface area contributed by atoms with Gasteiger partial charge < -0.3 is 33.6 Å². The highest BCUT2D eigenvalue weighted by Gasteiger charge is 2.07. The predicted octanol–water partition coefficient (Wildman–Crippen LogP) is 4.12. The van der Waals surface area contributed by atoms with Gasteiger partial charge >= 0.3 is 0 Å². The number of nitrogens with two attached hydrogens (primary N) is 4. The average molecular weight is 725 g/mol. The van der Waals surface area contributed by atoms with E-state index in [-0.39, 0.29) is 62.0 Å². The average Bonchev–Trinajstić information content (AvgIpc) is 2.98. The highest BCUT2D eigenvalue weighted by Crippen LogP contribution is 2.18. The lowest BCUT2D eigenvalue weighted by molar-refractivity contribution is 0.0992. The SMILES string of the molecule is Cl.Cl.Cl.Cl.Cl.NCCCNc1ccc(-c2cc(C(N)=O)ccn2)nc1.NCCCNc1ccc(-c2cc(C(N)=O)ccn2)nc1. The third-order valence-electron chi connectivity index (χ3n) is 5.56. The van der Waals surface area contributed by atoms with Gasteiger partial charge in [-0.1, -0.05) is 0 Å². The number of halogens is 5. The minimum Gasteiger partial charge on any atom is -0.384 e. The van der Waals surface area contributed by atoms with Crippen LogP contribution in [0.3, 0.4) is 0 Å². The lowest BCUT2D eigenvalue weighted by Gasteiger charge is -2.06. The normalized spacial score (nSPS) is 9.11. The zero-order chi connectivity index (χ0) is 28.7. The first-order valence-corrected chi connectivity index (χ1v) is 12.7. The third kappa shape index (κ3) is 15.4. The smallest absolute Gasteiger partial charge is 0.248 e. The molecule has 0 aromatic carbocycles. The third-order valence-corrected chi connectivity index (χ3v) is 5.56. The van der Waals surface area contributed by atoms with Crippen LogP contribution in [0.1, 0.15) is 33.6 Å². The molecule has 2 amide bonds. The topological polar surface area (TPSA) is 214 Å². The Labute approximate surface area is 293 Å². The van der Waals surface area contributed by atoms with Crippen LogP contribution in [0.2, 0.25) is 0 Å². The number of aromatic nitrogens is 4. The Balaban J connectivity index is -0.000000706. The molecule has 4 aromatic rings. The van der Waals surface area contributed by atoms with Gasteiger partial charge in [0.05, 0.1) is 46.5 Å². The summed E-state index contributed by atoms with van der Waals surface area (Å²) in [6.07, 6.45) is 8.36. The maximum atomic E-state index is 11.1. The molecule has 0 radical (unpaired) electrons. The van der Waals surface area contributed by atoms with Gasteiger partial charge in [0, 0.05) is 36.6 Å². The van der Waals surface area contributed by atoms with Crippen LogP contribution in [0.15, 0.2) is 73.3 Å². The molecule has 0 aliphatic rings. The maximum absolute atomic E-state index is 11.1. The van der Waals surface area contributed by atoms with Crippen molar-refractivity contribution in [2.45, 2.75) is 12.8 Å². The van der Waals surface area contributed by atoms with Gasteiger partial charge in [0.25, 0.3) is 0 Å². The summed E-state index contributed by atoms with van der Waals surface area (Å²) in [7, 11) is 0. The van der Waals surface area contributed by atoms with Crippen molar-refractivity contribution in [2.24, 2.45) is 22.9 Å². The van der Waals surface area contributed by atoms with Crippen LogP contribution in [-0.2, 0) is 0 Å². The number of hydrogen-bond acceptors (Lipinski definition) is 10. The van der Waals surface area contributed by atoms with E-state index in [9.17, 15) is 9.59 Å². The van der Waals surface area contributed by atoms with Crippen LogP contribution in [0.4, 0.5) is 11.4 Å². The molecule has 0 atom stereocenters. The fraction of sp³-hybridized carbons (Fsp3) is 0.214.